The molecule has 1 aliphatic rings. The second-order valence-corrected chi connectivity index (χ2v) is 6.16. The molecule has 1 aromatic heterocycles. The predicted octanol–water partition coefficient (Wildman–Crippen LogP) is 1.46. The summed E-state index contributed by atoms with van der Waals surface area (Å²) in [5.74, 6) is -0.404. The Kier molecular flexibility index (Phi) is 4.18. The standard InChI is InChI=1S/C16H21N5O2/c1-12-7-19(2)14-5-3-4-6-15(14)20(8-12)9-13-10-21(18-17-13)11-16(22)23/h3-6,10,12H,7-9,11H2,1-2H3,(H,22,23). The highest BCUT2D eigenvalue weighted by Crippen LogP contribution is 2.33. The van der Waals surface area contributed by atoms with Gasteiger partial charge in [0, 0.05) is 20.1 Å². The van der Waals surface area contributed by atoms with Crippen LogP contribution in [0.25, 0.3) is 0 Å². The molecular formula is C16H21N5O2. The molecule has 0 amide bonds. The predicted molar refractivity (Wildman–Crippen MR) is 87.6 cm³/mol. The summed E-state index contributed by atoms with van der Waals surface area (Å²) in [5.41, 5.74) is 3.15. The van der Waals surface area contributed by atoms with Crippen molar-refractivity contribution in [2.45, 2.75) is 20.0 Å². The van der Waals surface area contributed by atoms with E-state index < -0.39 is 5.97 Å². The van der Waals surface area contributed by atoms with Crippen LogP contribution in [0, 0.1) is 5.92 Å². The van der Waals surface area contributed by atoms with E-state index in [1.54, 1.807) is 6.20 Å². The summed E-state index contributed by atoms with van der Waals surface area (Å²) in [7, 11) is 2.11. The Labute approximate surface area is 135 Å². The van der Waals surface area contributed by atoms with Gasteiger partial charge in [-0.25, -0.2) is 4.68 Å². The Hall–Kier alpha value is -2.57. The first-order valence-electron chi connectivity index (χ1n) is 7.69. The highest BCUT2D eigenvalue weighted by atomic mass is 16.4. The van der Waals surface area contributed by atoms with Crippen LogP contribution in [0.15, 0.2) is 30.5 Å². The van der Waals surface area contributed by atoms with E-state index >= 15 is 0 Å². The number of anilines is 2. The summed E-state index contributed by atoms with van der Waals surface area (Å²) in [6.07, 6.45) is 1.70. The van der Waals surface area contributed by atoms with Crippen molar-refractivity contribution in [1.29, 1.82) is 0 Å². The topological polar surface area (TPSA) is 74.5 Å². The summed E-state index contributed by atoms with van der Waals surface area (Å²) >= 11 is 0. The van der Waals surface area contributed by atoms with E-state index in [-0.39, 0.29) is 6.54 Å². The second kappa shape index (κ2) is 6.28. The number of carboxylic acid groups (broad SMARTS) is 1. The van der Waals surface area contributed by atoms with Gasteiger partial charge in [0.05, 0.1) is 24.1 Å². The molecule has 1 N–H and O–H groups in total. The van der Waals surface area contributed by atoms with E-state index in [4.69, 9.17) is 5.11 Å². The number of carboxylic acids is 1. The third kappa shape index (κ3) is 3.44. The van der Waals surface area contributed by atoms with Crippen molar-refractivity contribution >= 4 is 17.3 Å². The highest BCUT2D eigenvalue weighted by Gasteiger charge is 2.23. The Morgan fingerprint density at radius 2 is 2.04 bits per heavy atom. The molecule has 122 valence electrons. The van der Waals surface area contributed by atoms with Crippen molar-refractivity contribution in [2.75, 3.05) is 29.9 Å². The van der Waals surface area contributed by atoms with Crippen molar-refractivity contribution < 1.29 is 9.90 Å². The molecule has 0 spiro atoms. The second-order valence-electron chi connectivity index (χ2n) is 6.16. The summed E-state index contributed by atoms with van der Waals surface area (Å²) in [5, 5.41) is 16.8. The zero-order valence-corrected chi connectivity index (χ0v) is 13.4. The maximum absolute atomic E-state index is 10.8. The maximum atomic E-state index is 10.8. The fourth-order valence-corrected chi connectivity index (χ4v) is 3.12. The maximum Gasteiger partial charge on any atom is 0.325 e. The van der Waals surface area contributed by atoms with Gasteiger partial charge in [0.25, 0.3) is 0 Å². The van der Waals surface area contributed by atoms with E-state index in [1.165, 1.54) is 16.1 Å². The molecule has 1 atom stereocenters. The number of nitrogens with zero attached hydrogens (tertiary/aromatic N) is 5. The van der Waals surface area contributed by atoms with Gasteiger partial charge in [0.1, 0.15) is 12.2 Å². The van der Waals surface area contributed by atoms with Gasteiger partial charge in [0.15, 0.2) is 0 Å². The molecule has 3 rings (SSSR count). The van der Waals surface area contributed by atoms with Gasteiger partial charge in [0.2, 0.25) is 0 Å². The molecule has 7 nitrogen and oxygen atoms in total. The first-order valence-corrected chi connectivity index (χ1v) is 7.69. The highest BCUT2D eigenvalue weighted by molar-refractivity contribution is 5.72. The summed E-state index contributed by atoms with van der Waals surface area (Å²) in [6, 6.07) is 8.33. The molecule has 1 unspecified atom stereocenters. The lowest BCUT2D eigenvalue weighted by molar-refractivity contribution is -0.137. The lowest BCUT2D eigenvalue weighted by atomic mass is 10.1. The number of aromatic nitrogens is 3. The normalized spacial score (nSPS) is 17.7. The van der Waals surface area contributed by atoms with Crippen LogP contribution in [-0.4, -0.2) is 46.2 Å². The Bertz CT molecular complexity index is 699. The number of hydrogen-bond donors (Lipinski definition) is 1. The number of aliphatic carboxylic acids is 1. The molecule has 2 heterocycles. The van der Waals surface area contributed by atoms with Crippen molar-refractivity contribution in [3.8, 4) is 0 Å². The van der Waals surface area contributed by atoms with Crippen LogP contribution in [0.2, 0.25) is 0 Å². The van der Waals surface area contributed by atoms with Crippen molar-refractivity contribution in [3.63, 3.8) is 0 Å². The average Bonchev–Trinajstić information content (AvgIpc) is 2.87. The van der Waals surface area contributed by atoms with Gasteiger partial charge in [-0.15, -0.1) is 5.10 Å². The van der Waals surface area contributed by atoms with Gasteiger partial charge in [-0.2, -0.15) is 0 Å². The summed E-state index contributed by atoms with van der Waals surface area (Å²) in [4.78, 5) is 15.3. The van der Waals surface area contributed by atoms with Gasteiger partial charge in [-0.05, 0) is 18.1 Å². The molecule has 0 saturated carbocycles. The molecule has 0 fully saturated rings. The van der Waals surface area contributed by atoms with E-state index in [1.807, 2.05) is 12.1 Å². The molecule has 1 aromatic carbocycles. The van der Waals surface area contributed by atoms with Crippen molar-refractivity contribution in [2.24, 2.45) is 5.92 Å². The lowest BCUT2D eigenvalue weighted by Gasteiger charge is -2.25. The third-order valence-electron chi connectivity index (χ3n) is 3.99. The first-order chi connectivity index (χ1) is 11.0. The Morgan fingerprint density at radius 1 is 1.30 bits per heavy atom. The molecule has 7 heteroatoms. The van der Waals surface area contributed by atoms with Crippen molar-refractivity contribution in [3.05, 3.63) is 36.2 Å². The van der Waals surface area contributed by atoms with E-state index in [9.17, 15) is 4.79 Å². The monoisotopic (exact) mass is 315 g/mol. The lowest BCUT2D eigenvalue weighted by Crippen LogP contribution is -2.29. The quantitative estimate of drug-likeness (QED) is 0.920. The molecule has 1 aliphatic heterocycles. The van der Waals surface area contributed by atoms with Crippen LogP contribution in [-0.2, 0) is 17.9 Å². The minimum absolute atomic E-state index is 0.164. The molecule has 0 aliphatic carbocycles. The Balaban J connectivity index is 1.84. The van der Waals surface area contributed by atoms with Gasteiger partial charge >= 0.3 is 5.97 Å². The minimum Gasteiger partial charge on any atom is -0.480 e. The smallest absolute Gasteiger partial charge is 0.325 e. The third-order valence-corrected chi connectivity index (χ3v) is 3.99. The molecular weight excluding hydrogens is 294 g/mol. The van der Waals surface area contributed by atoms with Gasteiger partial charge in [-0.3, -0.25) is 4.79 Å². The number of carbonyl (C=O) groups is 1. The summed E-state index contributed by atoms with van der Waals surface area (Å²) < 4.78 is 1.36. The van der Waals surface area contributed by atoms with Crippen LogP contribution in [0.5, 0.6) is 0 Å². The minimum atomic E-state index is -0.920. The summed E-state index contributed by atoms with van der Waals surface area (Å²) in [6.45, 7) is 4.61. The SMILES string of the molecule is CC1CN(C)c2ccccc2N(Cc2cn(CC(=O)O)nn2)C1. The number of para-hydroxylation sites is 2. The molecule has 2 aromatic rings. The van der Waals surface area contributed by atoms with Crippen LogP contribution < -0.4 is 9.80 Å². The zero-order valence-electron chi connectivity index (χ0n) is 13.4. The van der Waals surface area contributed by atoms with Crippen LogP contribution in [0.1, 0.15) is 12.6 Å². The number of rotatable bonds is 4. The molecule has 0 radical (unpaired) electrons. The number of benzene rings is 1. The zero-order chi connectivity index (χ0) is 16.4. The molecule has 0 saturated heterocycles. The Morgan fingerprint density at radius 3 is 2.78 bits per heavy atom. The van der Waals surface area contributed by atoms with E-state index in [0.717, 1.165) is 18.8 Å². The van der Waals surface area contributed by atoms with Crippen molar-refractivity contribution in [1.82, 2.24) is 15.0 Å². The largest absolute Gasteiger partial charge is 0.480 e. The number of hydrogen-bond acceptors (Lipinski definition) is 5. The molecule has 0 bridgehead atoms. The number of fused-ring (bicyclic) bond motifs is 1. The van der Waals surface area contributed by atoms with Gasteiger partial charge in [-0.1, -0.05) is 24.3 Å². The van der Waals surface area contributed by atoms with E-state index in [2.05, 4.69) is 46.2 Å². The first kappa shape index (κ1) is 15.3. The molecule has 23 heavy (non-hydrogen) atoms. The fraction of sp³-hybridized carbons (Fsp3) is 0.438. The van der Waals surface area contributed by atoms with Crippen LogP contribution in [0.4, 0.5) is 11.4 Å². The van der Waals surface area contributed by atoms with E-state index in [0.29, 0.717) is 12.5 Å². The van der Waals surface area contributed by atoms with Crippen LogP contribution >= 0.6 is 0 Å². The average molecular weight is 315 g/mol. The van der Waals surface area contributed by atoms with Crippen LogP contribution in [0.3, 0.4) is 0 Å². The fourth-order valence-electron chi connectivity index (χ4n) is 3.12. The van der Waals surface area contributed by atoms with Gasteiger partial charge < -0.3 is 14.9 Å².